The number of aromatic nitrogens is 3. The predicted octanol–water partition coefficient (Wildman–Crippen LogP) is 2.68. The summed E-state index contributed by atoms with van der Waals surface area (Å²) in [5.41, 5.74) is 1.67. The van der Waals surface area contributed by atoms with Crippen molar-refractivity contribution in [1.29, 1.82) is 0 Å². The largest absolute Gasteiger partial charge is 0.465 e. The zero-order chi connectivity index (χ0) is 19.5. The number of hydrogen-bond donors (Lipinski definition) is 1. The highest BCUT2D eigenvalue weighted by Crippen LogP contribution is 2.33. The summed E-state index contributed by atoms with van der Waals surface area (Å²) in [5.74, 6) is 0.443. The number of fused-ring (bicyclic) bond motifs is 1. The second-order valence-corrected chi connectivity index (χ2v) is 7.43. The molecular formula is C19H21N5O3S. The van der Waals surface area contributed by atoms with Crippen molar-refractivity contribution < 1.29 is 14.3 Å². The number of nitrogens with zero attached hydrogens (tertiary/aromatic N) is 4. The molecule has 1 atom stereocenters. The van der Waals surface area contributed by atoms with Crippen LogP contribution in [0.25, 0.3) is 21.9 Å². The summed E-state index contributed by atoms with van der Waals surface area (Å²) in [6.07, 6.45) is 2.56. The van der Waals surface area contributed by atoms with Gasteiger partial charge in [-0.25, -0.2) is 14.8 Å². The molecule has 146 valence electrons. The molecule has 1 N–H and O–H groups in total. The van der Waals surface area contributed by atoms with Crippen LogP contribution in [0.1, 0.15) is 19.4 Å². The van der Waals surface area contributed by atoms with E-state index in [9.17, 15) is 9.59 Å². The molecule has 0 spiro atoms. The fourth-order valence-electron chi connectivity index (χ4n) is 3.46. The zero-order valence-corrected chi connectivity index (χ0v) is 16.3. The molecule has 0 bridgehead atoms. The molecule has 1 fully saturated rings. The number of carbonyl (C=O) groups is 2. The first kappa shape index (κ1) is 18.4. The summed E-state index contributed by atoms with van der Waals surface area (Å²) in [6.45, 7) is 3.06. The second kappa shape index (κ2) is 7.97. The average Bonchev–Trinajstić information content (AvgIpc) is 3.44. The van der Waals surface area contributed by atoms with Gasteiger partial charge in [0, 0.05) is 19.3 Å². The Hall–Kier alpha value is -2.94. The van der Waals surface area contributed by atoms with Gasteiger partial charge in [-0.1, -0.05) is 6.07 Å². The van der Waals surface area contributed by atoms with Crippen molar-refractivity contribution in [1.82, 2.24) is 24.8 Å². The topological polar surface area (TPSA) is 89.4 Å². The maximum absolute atomic E-state index is 12.4. The van der Waals surface area contributed by atoms with Gasteiger partial charge in [-0.2, -0.15) is 0 Å². The quantitative estimate of drug-likeness (QED) is 0.667. The van der Waals surface area contributed by atoms with Crippen LogP contribution < -0.4 is 5.32 Å². The Morgan fingerprint density at radius 2 is 2.25 bits per heavy atom. The Balaban J connectivity index is 1.54. The van der Waals surface area contributed by atoms with Crippen molar-refractivity contribution in [3.05, 3.63) is 35.8 Å². The van der Waals surface area contributed by atoms with Crippen LogP contribution in [-0.4, -0.2) is 57.7 Å². The third-order valence-electron chi connectivity index (χ3n) is 4.70. The van der Waals surface area contributed by atoms with E-state index in [0.717, 1.165) is 28.3 Å². The number of nitrogens with one attached hydrogen (secondary N) is 1. The molecule has 2 amide bonds. The van der Waals surface area contributed by atoms with E-state index in [2.05, 4.69) is 14.9 Å². The van der Waals surface area contributed by atoms with Gasteiger partial charge in [0.05, 0.1) is 17.5 Å². The van der Waals surface area contributed by atoms with Crippen LogP contribution in [0.5, 0.6) is 0 Å². The summed E-state index contributed by atoms with van der Waals surface area (Å²) in [4.78, 5) is 36.0. The molecule has 8 nitrogen and oxygen atoms in total. The molecule has 1 saturated heterocycles. The summed E-state index contributed by atoms with van der Waals surface area (Å²) in [5, 5.41) is 4.65. The second-order valence-electron chi connectivity index (χ2n) is 6.48. The number of rotatable bonds is 5. The van der Waals surface area contributed by atoms with Gasteiger partial charge in [0.25, 0.3) is 0 Å². The summed E-state index contributed by atoms with van der Waals surface area (Å²) >= 11 is 1.63. The minimum absolute atomic E-state index is 0.0744. The van der Waals surface area contributed by atoms with Crippen molar-refractivity contribution in [2.24, 2.45) is 0 Å². The van der Waals surface area contributed by atoms with E-state index in [0.29, 0.717) is 19.7 Å². The number of thiophene rings is 1. The molecule has 0 radical (unpaired) electrons. The third kappa shape index (κ3) is 3.57. The Kier molecular flexibility index (Phi) is 5.25. The average molecular weight is 399 g/mol. The number of likely N-dealkylation sites (tertiary alicyclic amines) is 1. The van der Waals surface area contributed by atoms with Crippen molar-refractivity contribution >= 4 is 34.5 Å². The van der Waals surface area contributed by atoms with E-state index >= 15 is 0 Å². The van der Waals surface area contributed by atoms with Gasteiger partial charge in [-0.3, -0.25) is 4.79 Å². The van der Waals surface area contributed by atoms with E-state index in [1.165, 1.54) is 0 Å². The minimum Gasteiger partial charge on any atom is -0.465 e. The first-order valence-corrected chi connectivity index (χ1v) is 10.1. The SMILES string of the molecule is CCOC(=O)CNC(=O)N1CC[C@@H](n2c(-c3cccs3)nc3cccnc32)C1. The van der Waals surface area contributed by atoms with Crippen LogP contribution in [0, 0.1) is 0 Å². The Bertz CT molecular complexity index is 985. The number of imidazole rings is 1. The van der Waals surface area contributed by atoms with E-state index in [1.807, 2.05) is 29.6 Å². The lowest BCUT2D eigenvalue weighted by Gasteiger charge is -2.19. The molecule has 1 aliphatic rings. The van der Waals surface area contributed by atoms with Crippen LogP contribution in [0.3, 0.4) is 0 Å². The van der Waals surface area contributed by atoms with Gasteiger partial charge in [-0.15, -0.1) is 11.3 Å². The molecule has 4 rings (SSSR count). The lowest BCUT2D eigenvalue weighted by Crippen LogP contribution is -2.41. The lowest BCUT2D eigenvalue weighted by atomic mass is 10.2. The number of urea groups is 1. The van der Waals surface area contributed by atoms with Crippen molar-refractivity contribution in [3.63, 3.8) is 0 Å². The predicted molar refractivity (Wildman–Crippen MR) is 106 cm³/mol. The van der Waals surface area contributed by atoms with Gasteiger partial charge >= 0.3 is 12.0 Å². The van der Waals surface area contributed by atoms with Gasteiger partial charge in [0.2, 0.25) is 0 Å². The molecule has 0 aliphatic carbocycles. The van der Waals surface area contributed by atoms with Crippen molar-refractivity contribution in [2.45, 2.75) is 19.4 Å². The van der Waals surface area contributed by atoms with E-state index in [1.54, 1.807) is 29.4 Å². The lowest BCUT2D eigenvalue weighted by molar-refractivity contribution is -0.141. The van der Waals surface area contributed by atoms with Crippen LogP contribution >= 0.6 is 11.3 Å². The molecule has 3 aromatic heterocycles. The number of amides is 2. The highest BCUT2D eigenvalue weighted by molar-refractivity contribution is 7.13. The van der Waals surface area contributed by atoms with Gasteiger partial charge in [0.15, 0.2) is 11.5 Å². The minimum atomic E-state index is -0.434. The number of pyridine rings is 1. The maximum atomic E-state index is 12.4. The van der Waals surface area contributed by atoms with E-state index < -0.39 is 5.97 Å². The molecule has 4 heterocycles. The van der Waals surface area contributed by atoms with Crippen LogP contribution in [0.2, 0.25) is 0 Å². The molecular weight excluding hydrogens is 378 g/mol. The van der Waals surface area contributed by atoms with E-state index in [-0.39, 0.29) is 18.6 Å². The highest BCUT2D eigenvalue weighted by Gasteiger charge is 2.31. The zero-order valence-electron chi connectivity index (χ0n) is 15.5. The van der Waals surface area contributed by atoms with Crippen LogP contribution in [-0.2, 0) is 9.53 Å². The monoisotopic (exact) mass is 399 g/mol. The molecule has 9 heteroatoms. The summed E-state index contributed by atoms with van der Waals surface area (Å²) < 4.78 is 6.99. The normalized spacial score (nSPS) is 16.5. The van der Waals surface area contributed by atoms with Crippen LogP contribution in [0.4, 0.5) is 4.79 Å². The fraction of sp³-hybridized carbons (Fsp3) is 0.368. The number of carbonyl (C=O) groups excluding carboxylic acids is 2. The van der Waals surface area contributed by atoms with Gasteiger partial charge in [-0.05, 0) is 36.9 Å². The van der Waals surface area contributed by atoms with Crippen molar-refractivity contribution in [2.75, 3.05) is 26.2 Å². The molecule has 0 saturated carbocycles. The number of ether oxygens (including phenoxy) is 1. The Labute approximate surface area is 166 Å². The molecule has 1 aliphatic heterocycles. The Morgan fingerprint density at radius 3 is 3.04 bits per heavy atom. The van der Waals surface area contributed by atoms with Crippen molar-refractivity contribution in [3.8, 4) is 10.7 Å². The molecule has 0 unspecified atom stereocenters. The summed E-state index contributed by atoms with van der Waals surface area (Å²) in [7, 11) is 0. The summed E-state index contributed by atoms with van der Waals surface area (Å²) in [6, 6.07) is 7.69. The standard InChI is InChI=1S/C19H21N5O3S/c1-2-27-16(25)11-21-19(26)23-9-7-13(12-23)24-17-14(5-3-8-20-17)22-18(24)15-6-4-10-28-15/h3-6,8,10,13H,2,7,9,11-12H2,1H3,(H,21,26)/t13-/m1/s1. The van der Waals surface area contributed by atoms with Gasteiger partial charge < -0.3 is 19.5 Å². The Morgan fingerprint density at radius 1 is 1.36 bits per heavy atom. The van der Waals surface area contributed by atoms with E-state index in [4.69, 9.17) is 9.72 Å². The number of hydrogen-bond acceptors (Lipinski definition) is 6. The molecule has 28 heavy (non-hydrogen) atoms. The van der Waals surface area contributed by atoms with Crippen LogP contribution in [0.15, 0.2) is 35.8 Å². The van der Waals surface area contributed by atoms with Gasteiger partial charge in [0.1, 0.15) is 12.1 Å². The number of esters is 1. The molecule has 3 aromatic rings. The fourth-order valence-corrected chi connectivity index (χ4v) is 4.17. The first-order valence-electron chi connectivity index (χ1n) is 9.22. The third-order valence-corrected chi connectivity index (χ3v) is 5.56. The first-order chi connectivity index (χ1) is 13.7. The molecule has 0 aromatic carbocycles. The highest BCUT2D eigenvalue weighted by atomic mass is 32.1. The maximum Gasteiger partial charge on any atom is 0.325 e. The smallest absolute Gasteiger partial charge is 0.325 e.